The van der Waals surface area contributed by atoms with Crippen molar-refractivity contribution in [3.05, 3.63) is 28.8 Å². The largest absolute Gasteiger partial charge is 0.369 e. The van der Waals surface area contributed by atoms with Crippen molar-refractivity contribution in [1.29, 1.82) is 0 Å². The standard InChI is InChI=1S/C12H12ClN3O3/c13-9-2-1-7(4-8(9)12(15)19)16-5-6(11(14)18)3-10(16)17/h1-2,4,6H,3,5H2,(H2,14,18)(H2,15,19). The van der Waals surface area contributed by atoms with Crippen LogP contribution in [0.2, 0.25) is 5.02 Å². The van der Waals surface area contributed by atoms with E-state index in [2.05, 4.69) is 0 Å². The number of nitrogens with two attached hydrogens (primary N) is 2. The number of primary amides is 2. The van der Waals surface area contributed by atoms with Crippen LogP contribution in [0.1, 0.15) is 16.8 Å². The van der Waals surface area contributed by atoms with E-state index in [1.807, 2.05) is 0 Å². The first-order valence-electron chi connectivity index (χ1n) is 5.59. The number of anilines is 1. The lowest BCUT2D eigenvalue weighted by Gasteiger charge is -2.17. The highest BCUT2D eigenvalue weighted by atomic mass is 35.5. The summed E-state index contributed by atoms with van der Waals surface area (Å²) in [5.41, 5.74) is 11.0. The third-order valence-corrected chi connectivity index (χ3v) is 3.38. The average Bonchev–Trinajstić information content (AvgIpc) is 2.72. The van der Waals surface area contributed by atoms with Gasteiger partial charge in [-0.1, -0.05) is 11.6 Å². The minimum Gasteiger partial charge on any atom is -0.369 e. The van der Waals surface area contributed by atoms with Crippen molar-refractivity contribution in [1.82, 2.24) is 0 Å². The molecule has 100 valence electrons. The van der Waals surface area contributed by atoms with E-state index in [0.717, 1.165) is 0 Å². The maximum atomic E-state index is 11.8. The van der Waals surface area contributed by atoms with Gasteiger partial charge in [-0.05, 0) is 18.2 Å². The fraction of sp³-hybridized carbons (Fsp3) is 0.250. The summed E-state index contributed by atoms with van der Waals surface area (Å²) < 4.78 is 0. The molecule has 0 aliphatic carbocycles. The molecule has 3 amide bonds. The highest BCUT2D eigenvalue weighted by Gasteiger charge is 2.34. The van der Waals surface area contributed by atoms with E-state index in [9.17, 15) is 14.4 Å². The maximum absolute atomic E-state index is 11.8. The van der Waals surface area contributed by atoms with Gasteiger partial charge in [-0.2, -0.15) is 0 Å². The van der Waals surface area contributed by atoms with E-state index >= 15 is 0 Å². The summed E-state index contributed by atoms with van der Waals surface area (Å²) in [6.07, 6.45) is 0.0733. The van der Waals surface area contributed by atoms with E-state index in [1.165, 1.54) is 17.0 Å². The summed E-state index contributed by atoms with van der Waals surface area (Å²) in [5.74, 6) is -1.92. The SMILES string of the molecule is NC(=O)c1cc(N2CC(C(N)=O)CC2=O)ccc1Cl. The summed E-state index contributed by atoms with van der Waals surface area (Å²) in [6, 6.07) is 4.52. The van der Waals surface area contributed by atoms with E-state index in [4.69, 9.17) is 23.1 Å². The Morgan fingerprint density at radius 2 is 2.00 bits per heavy atom. The molecule has 0 aromatic heterocycles. The van der Waals surface area contributed by atoms with E-state index < -0.39 is 17.7 Å². The highest BCUT2D eigenvalue weighted by Crippen LogP contribution is 2.28. The topological polar surface area (TPSA) is 106 Å². The average molecular weight is 282 g/mol. The van der Waals surface area contributed by atoms with Crippen molar-refractivity contribution in [3.8, 4) is 0 Å². The summed E-state index contributed by atoms with van der Waals surface area (Å²) >= 11 is 5.84. The van der Waals surface area contributed by atoms with Gasteiger partial charge in [-0.3, -0.25) is 14.4 Å². The predicted molar refractivity (Wildman–Crippen MR) is 69.6 cm³/mol. The second-order valence-electron chi connectivity index (χ2n) is 4.34. The van der Waals surface area contributed by atoms with Crippen LogP contribution in [-0.2, 0) is 9.59 Å². The molecular weight excluding hydrogens is 270 g/mol. The molecular formula is C12H12ClN3O3. The van der Waals surface area contributed by atoms with Gasteiger partial charge in [0.1, 0.15) is 0 Å². The summed E-state index contributed by atoms with van der Waals surface area (Å²) in [5, 5.41) is 0.217. The second kappa shape index (κ2) is 4.89. The molecule has 1 fully saturated rings. The number of nitrogens with zero attached hydrogens (tertiary/aromatic N) is 1. The Morgan fingerprint density at radius 1 is 1.32 bits per heavy atom. The van der Waals surface area contributed by atoms with Gasteiger partial charge in [0.2, 0.25) is 17.7 Å². The smallest absolute Gasteiger partial charge is 0.250 e. The third-order valence-electron chi connectivity index (χ3n) is 3.05. The van der Waals surface area contributed by atoms with Crippen LogP contribution < -0.4 is 16.4 Å². The van der Waals surface area contributed by atoms with Crippen LogP contribution in [0.25, 0.3) is 0 Å². The number of halogens is 1. The molecule has 0 spiro atoms. The number of amides is 3. The van der Waals surface area contributed by atoms with E-state index in [0.29, 0.717) is 5.69 Å². The zero-order valence-electron chi connectivity index (χ0n) is 9.93. The molecule has 19 heavy (non-hydrogen) atoms. The Hall–Kier alpha value is -2.08. The van der Waals surface area contributed by atoms with Gasteiger partial charge in [0.05, 0.1) is 16.5 Å². The molecule has 2 rings (SSSR count). The fourth-order valence-corrected chi connectivity index (χ4v) is 2.23. The van der Waals surface area contributed by atoms with Gasteiger partial charge in [-0.25, -0.2) is 0 Å². The van der Waals surface area contributed by atoms with Gasteiger partial charge in [0, 0.05) is 18.7 Å². The zero-order valence-corrected chi connectivity index (χ0v) is 10.7. The van der Waals surface area contributed by atoms with Crippen molar-refractivity contribution in [2.75, 3.05) is 11.4 Å². The monoisotopic (exact) mass is 281 g/mol. The molecule has 0 bridgehead atoms. The lowest BCUT2D eigenvalue weighted by atomic mass is 10.1. The Balaban J connectivity index is 2.33. The molecule has 0 radical (unpaired) electrons. The van der Waals surface area contributed by atoms with Crippen molar-refractivity contribution in [3.63, 3.8) is 0 Å². The normalized spacial score (nSPS) is 18.7. The van der Waals surface area contributed by atoms with Crippen molar-refractivity contribution >= 4 is 35.0 Å². The van der Waals surface area contributed by atoms with Crippen LogP contribution in [0.5, 0.6) is 0 Å². The first-order chi connectivity index (χ1) is 8.90. The van der Waals surface area contributed by atoms with Crippen LogP contribution in [0.15, 0.2) is 18.2 Å². The lowest BCUT2D eigenvalue weighted by Crippen LogP contribution is -2.28. The van der Waals surface area contributed by atoms with Gasteiger partial charge in [0.25, 0.3) is 0 Å². The van der Waals surface area contributed by atoms with Gasteiger partial charge in [-0.15, -0.1) is 0 Å². The summed E-state index contributed by atoms with van der Waals surface area (Å²) in [7, 11) is 0. The molecule has 1 aliphatic rings. The number of benzene rings is 1. The van der Waals surface area contributed by atoms with Crippen LogP contribution in [0.4, 0.5) is 5.69 Å². The molecule has 1 aromatic rings. The van der Waals surface area contributed by atoms with E-state index in [-0.39, 0.29) is 29.5 Å². The van der Waals surface area contributed by atoms with Crippen LogP contribution >= 0.6 is 11.6 Å². The minimum absolute atomic E-state index is 0.0733. The van der Waals surface area contributed by atoms with Crippen LogP contribution in [-0.4, -0.2) is 24.3 Å². The molecule has 0 saturated carbocycles. The maximum Gasteiger partial charge on any atom is 0.250 e. The summed E-state index contributed by atoms with van der Waals surface area (Å²) in [6.45, 7) is 0.202. The van der Waals surface area contributed by atoms with Gasteiger partial charge >= 0.3 is 0 Å². The predicted octanol–water partition coefficient (Wildman–Crippen LogP) is 0.277. The van der Waals surface area contributed by atoms with Crippen molar-refractivity contribution in [2.45, 2.75) is 6.42 Å². The number of carbonyl (C=O) groups is 3. The third kappa shape index (κ3) is 2.53. The van der Waals surface area contributed by atoms with Crippen molar-refractivity contribution in [2.24, 2.45) is 17.4 Å². The number of carbonyl (C=O) groups excluding carboxylic acids is 3. The van der Waals surface area contributed by atoms with E-state index in [1.54, 1.807) is 6.07 Å². The Bertz CT molecular complexity index is 573. The molecule has 1 aliphatic heterocycles. The molecule has 1 unspecified atom stereocenters. The number of hydrogen-bond donors (Lipinski definition) is 2. The summed E-state index contributed by atoms with van der Waals surface area (Å²) in [4.78, 5) is 35.5. The first-order valence-corrected chi connectivity index (χ1v) is 5.97. The second-order valence-corrected chi connectivity index (χ2v) is 4.74. The molecule has 1 atom stereocenters. The molecule has 1 aromatic carbocycles. The molecule has 1 heterocycles. The zero-order chi connectivity index (χ0) is 14.2. The quantitative estimate of drug-likeness (QED) is 0.831. The van der Waals surface area contributed by atoms with Crippen LogP contribution in [0.3, 0.4) is 0 Å². The highest BCUT2D eigenvalue weighted by molar-refractivity contribution is 6.34. The Labute approximate surface area is 114 Å². The van der Waals surface area contributed by atoms with Gasteiger partial charge in [0.15, 0.2) is 0 Å². The fourth-order valence-electron chi connectivity index (χ4n) is 2.02. The molecule has 6 nitrogen and oxygen atoms in total. The minimum atomic E-state index is -0.676. The lowest BCUT2D eigenvalue weighted by molar-refractivity contribution is -0.123. The first kappa shape index (κ1) is 13.4. The molecule has 7 heteroatoms. The van der Waals surface area contributed by atoms with Crippen molar-refractivity contribution < 1.29 is 14.4 Å². The van der Waals surface area contributed by atoms with Crippen LogP contribution in [0, 0.1) is 5.92 Å². The Kier molecular flexibility index (Phi) is 3.44. The Morgan fingerprint density at radius 3 is 2.53 bits per heavy atom. The number of rotatable bonds is 3. The number of hydrogen-bond acceptors (Lipinski definition) is 3. The van der Waals surface area contributed by atoms with Gasteiger partial charge < -0.3 is 16.4 Å². The molecule has 4 N–H and O–H groups in total. The molecule has 1 saturated heterocycles.